The lowest BCUT2D eigenvalue weighted by atomic mass is 9.83. The van der Waals surface area contributed by atoms with E-state index in [9.17, 15) is 14.4 Å². The highest BCUT2D eigenvalue weighted by Gasteiger charge is 2.45. The van der Waals surface area contributed by atoms with E-state index in [-0.39, 0.29) is 18.4 Å². The van der Waals surface area contributed by atoms with Gasteiger partial charge in [-0.05, 0) is 43.5 Å². The first kappa shape index (κ1) is 22.7. The van der Waals surface area contributed by atoms with Gasteiger partial charge in [-0.25, -0.2) is 4.79 Å². The van der Waals surface area contributed by atoms with E-state index in [1.54, 1.807) is 0 Å². The molecular formula is C27H28N4O4. The van der Waals surface area contributed by atoms with Crippen molar-refractivity contribution in [1.82, 2.24) is 20.2 Å². The topological polar surface area (TPSA) is 105 Å². The summed E-state index contributed by atoms with van der Waals surface area (Å²) in [6.07, 6.45) is 3.23. The SMILES string of the molecule is Cn1cc(C2C(=O)NC(=O)C2c2c[nH]c3ccccc23)c2cccc(CNC(=O)OC(C)(C)C)c21. The molecule has 4 aromatic rings. The number of amides is 3. The van der Waals surface area contributed by atoms with E-state index in [1.165, 1.54) is 0 Å². The first-order valence-corrected chi connectivity index (χ1v) is 11.6. The molecule has 3 heterocycles. The van der Waals surface area contributed by atoms with Crippen molar-refractivity contribution in [2.45, 2.75) is 44.8 Å². The molecule has 1 aliphatic heterocycles. The lowest BCUT2D eigenvalue weighted by Gasteiger charge is -2.20. The van der Waals surface area contributed by atoms with E-state index >= 15 is 0 Å². The summed E-state index contributed by atoms with van der Waals surface area (Å²) in [6, 6.07) is 13.5. The Hall–Kier alpha value is -4.07. The summed E-state index contributed by atoms with van der Waals surface area (Å²) in [5.41, 5.74) is 3.68. The van der Waals surface area contributed by atoms with Crippen molar-refractivity contribution < 1.29 is 19.1 Å². The molecule has 3 amide bonds. The van der Waals surface area contributed by atoms with Crippen LogP contribution in [-0.2, 0) is 27.9 Å². The average molecular weight is 473 g/mol. The zero-order chi connectivity index (χ0) is 24.9. The summed E-state index contributed by atoms with van der Waals surface area (Å²) in [4.78, 5) is 41.5. The number of rotatable bonds is 4. The Morgan fingerprint density at radius 1 is 1.00 bits per heavy atom. The van der Waals surface area contributed by atoms with Crippen LogP contribution in [-0.4, -0.2) is 33.1 Å². The van der Waals surface area contributed by atoms with Crippen LogP contribution in [0, 0.1) is 0 Å². The summed E-state index contributed by atoms with van der Waals surface area (Å²) in [5, 5.41) is 7.15. The van der Waals surface area contributed by atoms with Gasteiger partial charge in [0.15, 0.2) is 0 Å². The molecular weight excluding hydrogens is 444 g/mol. The lowest BCUT2D eigenvalue weighted by Crippen LogP contribution is -2.32. The van der Waals surface area contributed by atoms with Gasteiger partial charge in [-0.2, -0.15) is 0 Å². The van der Waals surface area contributed by atoms with Gasteiger partial charge in [-0.15, -0.1) is 0 Å². The van der Waals surface area contributed by atoms with Gasteiger partial charge in [-0.3, -0.25) is 14.9 Å². The Morgan fingerprint density at radius 3 is 2.43 bits per heavy atom. The summed E-state index contributed by atoms with van der Waals surface area (Å²) in [7, 11) is 1.90. The van der Waals surface area contributed by atoms with Crippen molar-refractivity contribution in [2.75, 3.05) is 0 Å². The van der Waals surface area contributed by atoms with Crippen molar-refractivity contribution in [3.05, 3.63) is 71.5 Å². The Balaban J connectivity index is 1.54. The van der Waals surface area contributed by atoms with Gasteiger partial charge in [0.05, 0.1) is 17.4 Å². The molecule has 5 rings (SSSR count). The highest BCUT2D eigenvalue weighted by Crippen LogP contribution is 2.43. The first-order valence-electron chi connectivity index (χ1n) is 11.6. The largest absolute Gasteiger partial charge is 0.444 e. The molecule has 2 aromatic heterocycles. The number of H-pyrrole nitrogens is 1. The number of hydrogen-bond donors (Lipinski definition) is 3. The van der Waals surface area contributed by atoms with Gasteiger partial charge in [0.25, 0.3) is 0 Å². The van der Waals surface area contributed by atoms with Crippen molar-refractivity contribution in [3.63, 3.8) is 0 Å². The highest BCUT2D eigenvalue weighted by atomic mass is 16.6. The molecule has 1 fully saturated rings. The Kier molecular flexibility index (Phi) is 5.39. The fourth-order valence-electron chi connectivity index (χ4n) is 5.03. The molecule has 8 heteroatoms. The quantitative estimate of drug-likeness (QED) is 0.387. The van der Waals surface area contributed by atoms with Crippen LogP contribution in [0.4, 0.5) is 4.79 Å². The molecule has 0 radical (unpaired) electrons. The first-order chi connectivity index (χ1) is 16.6. The second-order valence-electron chi connectivity index (χ2n) is 9.96. The predicted octanol–water partition coefficient (Wildman–Crippen LogP) is 4.21. The Bertz CT molecular complexity index is 1470. The Morgan fingerprint density at radius 2 is 1.69 bits per heavy atom. The third kappa shape index (κ3) is 4.05. The molecule has 35 heavy (non-hydrogen) atoms. The number of aryl methyl sites for hydroxylation is 1. The van der Waals surface area contributed by atoms with Crippen LogP contribution in [0.5, 0.6) is 0 Å². The molecule has 180 valence electrons. The van der Waals surface area contributed by atoms with Gasteiger partial charge in [0, 0.05) is 42.3 Å². The fraction of sp³-hybridized carbons (Fsp3) is 0.296. The standard InChI is InChI=1S/C27H28N4O4/c1-27(2,3)35-26(34)29-12-15-8-7-10-17-19(14-31(4)23(15)17)22-21(24(32)30-25(22)33)18-13-28-20-11-6-5-9-16(18)20/h5-11,13-14,21-22,28H,12H2,1-4H3,(H,29,34)(H,30,32,33). The number of nitrogens with one attached hydrogen (secondary N) is 3. The van der Waals surface area contributed by atoms with Crippen molar-refractivity contribution in [1.29, 1.82) is 0 Å². The number of aromatic nitrogens is 2. The van der Waals surface area contributed by atoms with E-state index in [0.29, 0.717) is 0 Å². The second-order valence-corrected chi connectivity index (χ2v) is 9.96. The number of alkyl carbamates (subject to hydrolysis) is 1. The molecule has 0 aliphatic carbocycles. The zero-order valence-corrected chi connectivity index (χ0v) is 20.1. The number of carbonyl (C=O) groups is 3. The number of fused-ring (bicyclic) bond motifs is 2. The number of imide groups is 1. The molecule has 2 aromatic carbocycles. The summed E-state index contributed by atoms with van der Waals surface area (Å²) in [5.74, 6) is -1.92. The summed E-state index contributed by atoms with van der Waals surface area (Å²) < 4.78 is 7.30. The number of nitrogens with zero attached hydrogens (tertiary/aromatic N) is 1. The van der Waals surface area contributed by atoms with Gasteiger partial charge >= 0.3 is 6.09 Å². The van der Waals surface area contributed by atoms with Gasteiger partial charge < -0.3 is 19.6 Å². The van der Waals surface area contributed by atoms with Crippen LogP contribution in [0.25, 0.3) is 21.8 Å². The molecule has 0 saturated carbocycles. The summed E-state index contributed by atoms with van der Waals surface area (Å²) in [6.45, 7) is 5.71. The molecule has 3 N–H and O–H groups in total. The van der Waals surface area contributed by atoms with Gasteiger partial charge in [-0.1, -0.05) is 36.4 Å². The molecule has 0 spiro atoms. The maximum absolute atomic E-state index is 13.1. The van der Waals surface area contributed by atoms with Crippen molar-refractivity contribution in [3.8, 4) is 0 Å². The fourth-order valence-corrected chi connectivity index (χ4v) is 5.03. The van der Waals surface area contributed by atoms with E-state index in [1.807, 2.05) is 87.2 Å². The molecule has 2 unspecified atom stereocenters. The van der Waals surface area contributed by atoms with Crippen LogP contribution in [0.15, 0.2) is 54.9 Å². The van der Waals surface area contributed by atoms with Crippen LogP contribution >= 0.6 is 0 Å². The van der Waals surface area contributed by atoms with Crippen LogP contribution in [0.3, 0.4) is 0 Å². The van der Waals surface area contributed by atoms with Gasteiger partial charge in [0.1, 0.15) is 5.60 Å². The predicted molar refractivity (Wildman–Crippen MR) is 133 cm³/mol. The normalized spacial score (nSPS) is 18.3. The molecule has 1 saturated heterocycles. The third-order valence-electron chi connectivity index (χ3n) is 6.37. The minimum absolute atomic E-state index is 0.269. The maximum atomic E-state index is 13.1. The van der Waals surface area contributed by atoms with E-state index in [4.69, 9.17) is 4.74 Å². The minimum atomic E-state index is -0.667. The van der Waals surface area contributed by atoms with Crippen LogP contribution in [0.2, 0.25) is 0 Å². The van der Waals surface area contributed by atoms with Crippen molar-refractivity contribution in [2.24, 2.45) is 7.05 Å². The maximum Gasteiger partial charge on any atom is 0.407 e. The molecule has 1 aliphatic rings. The van der Waals surface area contributed by atoms with Gasteiger partial charge in [0.2, 0.25) is 11.8 Å². The lowest BCUT2D eigenvalue weighted by molar-refractivity contribution is -0.125. The third-order valence-corrected chi connectivity index (χ3v) is 6.37. The number of benzene rings is 2. The number of aromatic amines is 1. The minimum Gasteiger partial charge on any atom is -0.444 e. The molecule has 2 atom stereocenters. The number of para-hydroxylation sites is 2. The molecule has 0 bridgehead atoms. The summed E-state index contributed by atoms with van der Waals surface area (Å²) >= 11 is 0. The Labute approximate surface area is 202 Å². The zero-order valence-electron chi connectivity index (χ0n) is 20.1. The van der Waals surface area contributed by atoms with E-state index in [2.05, 4.69) is 15.6 Å². The smallest absolute Gasteiger partial charge is 0.407 e. The average Bonchev–Trinajstić information content (AvgIpc) is 3.44. The van der Waals surface area contributed by atoms with Crippen LogP contribution < -0.4 is 10.6 Å². The number of carbonyl (C=O) groups excluding carboxylic acids is 3. The molecule has 8 nitrogen and oxygen atoms in total. The van der Waals surface area contributed by atoms with Crippen molar-refractivity contribution >= 4 is 39.7 Å². The number of hydrogen-bond acceptors (Lipinski definition) is 4. The van der Waals surface area contributed by atoms with E-state index in [0.717, 1.165) is 38.5 Å². The highest BCUT2D eigenvalue weighted by molar-refractivity contribution is 6.13. The number of ether oxygens (including phenoxy) is 1. The van der Waals surface area contributed by atoms with Crippen LogP contribution in [0.1, 0.15) is 49.3 Å². The second kappa shape index (κ2) is 8.30. The van der Waals surface area contributed by atoms with E-state index < -0.39 is 23.5 Å². The monoisotopic (exact) mass is 472 g/mol.